The second kappa shape index (κ2) is 6.64. The topological polar surface area (TPSA) is 48.4 Å². The fraction of sp³-hybridized carbons (Fsp3) is 0.588. The van der Waals surface area contributed by atoms with E-state index < -0.39 is 0 Å². The molecule has 0 N–H and O–H groups in total. The van der Waals surface area contributed by atoms with Gasteiger partial charge in [0.1, 0.15) is 5.82 Å². The Morgan fingerprint density at radius 2 is 1.96 bits per heavy atom. The molecule has 2 aliphatic rings. The Hall–Kier alpha value is -1.73. The Morgan fingerprint density at radius 1 is 1.17 bits per heavy atom. The van der Waals surface area contributed by atoms with Gasteiger partial charge in [0.15, 0.2) is 0 Å². The lowest BCUT2D eigenvalue weighted by Crippen LogP contribution is -2.46. The molecule has 1 saturated heterocycles. The highest BCUT2D eigenvalue weighted by molar-refractivity contribution is 7.11. The van der Waals surface area contributed by atoms with Gasteiger partial charge in [0.2, 0.25) is 5.95 Å². The molecule has 7 heteroatoms. The Balaban J connectivity index is 1.33. The highest BCUT2D eigenvalue weighted by Crippen LogP contribution is 2.41. The van der Waals surface area contributed by atoms with Gasteiger partial charge in [-0.2, -0.15) is 4.98 Å². The van der Waals surface area contributed by atoms with Crippen molar-refractivity contribution in [1.82, 2.24) is 19.9 Å². The van der Waals surface area contributed by atoms with Gasteiger partial charge in [-0.25, -0.2) is 9.97 Å². The van der Waals surface area contributed by atoms with Crippen LogP contribution in [0.4, 0.5) is 11.8 Å². The maximum Gasteiger partial charge on any atom is 0.226 e. The highest BCUT2D eigenvalue weighted by atomic mass is 32.1. The maximum atomic E-state index is 4.65. The minimum absolute atomic E-state index is 0.768. The predicted octanol–water partition coefficient (Wildman–Crippen LogP) is 2.20. The van der Waals surface area contributed by atoms with E-state index in [0.29, 0.717) is 0 Å². The molecule has 0 amide bonds. The van der Waals surface area contributed by atoms with Crippen LogP contribution in [0.25, 0.3) is 0 Å². The van der Waals surface area contributed by atoms with Crippen molar-refractivity contribution in [2.75, 3.05) is 50.1 Å². The normalized spacial score (nSPS) is 18.8. The molecule has 1 aliphatic carbocycles. The molecule has 2 aromatic heterocycles. The smallest absolute Gasteiger partial charge is 0.226 e. The van der Waals surface area contributed by atoms with E-state index in [1.54, 1.807) is 0 Å². The molecule has 0 atom stereocenters. The van der Waals surface area contributed by atoms with Gasteiger partial charge < -0.3 is 9.80 Å². The van der Waals surface area contributed by atoms with Crippen molar-refractivity contribution in [1.29, 1.82) is 0 Å². The highest BCUT2D eigenvalue weighted by Gasteiger charge is 2.27. The first-order valence-electron chi connectivity index (χ1n) is 8.61. The molecule has 6 nitrogen and oxygen atoms in total. The minimum atomic E-state index is 0.768. The van der Waals surface area contributed by atoms with E-state index in [0.717, 1.165) is 50.4 Å². The van der Waals surface area contributed by atoms with Crippen molar-refractivity contribution in [2.24, 2.45) is 0 Å². The van der Waals surface area contributed by atoms with Gasteiger partial charge in [-0.05, 0) is 18.9 Å². The Bertz CT molecular complexity index is 688. The van der Waals surface area contributed by atoms with E-state index in [9.17, 15) is 0 Å². The van der Waals surface area contributed by atoms with Crippen molar-refractivity contribution in [2.45, 2.75) is 25.3 Å². The summed E-state index contributed by atoms with van der Waals surface area (Å²) in [5.41, 5.74) is 0. The number of hydrogen-bond acceptors (Lipinski definition) is 7. The molecule has 0 radical (unpaired) electrons. The van der Waals surface area contributed by atoms with Gasteiger partial charge in [0, 0.05) is 70.0 Å². The molecule has 0 spiro atoms. The van der Waals surface area contributed by atoms with Crippen LogP contribution in [0, 0.1) is 0 Å². The number of aromatic nitrogens is 3. The van der Waals surface area contributed by atoms with Crippen LogP contribution in [0.1, 0.15) is 28.6 Å². The summed E-state index contributed by atoms with van der Waals surface area (Å²) in [5, 5.41) is 1.35. The SMILES string of the molecule is CN(C)c1nccc(N2CCN(Cc3cnc(C4CC4)s3)CC2)n1. The molecule has 0 aromatic carbocycles. The molecular formula is C17H24N6S. The summed E-state index contributed by atoms with van der Waals surface area (Å²) in [6, 6.07) is 2.01. The second-order valence-corrected chi connectivity index (χ2v) is 7.96. The molecule has 1 aliphatic heterocycles. The van der Waals surface area contributed by atoms with E-state index in [1.165, 1.54) is 22.7 Å². The monoisotopic (exact) mass is 344 g/mol. The van der Waals surface area contributed by atoms with E-state index in [2.05, 4.69) is 30.9 Å². The molecule has 128 valence electrons. The zero-order valence-electron chi connectivity index (χ0n) is 14.4. The van der Waals surface area contributed by atoms with Gasteiger partial charge in [-0.15, -0.1) is 11.3 Å². The second-order valence-electron chi connectivity index (χ2n) is 6.81. The maximum absolute atomic E-state index is 4.65. The van der Waals surface area contributed by atoms with Crippen molar-refractivity contribution >= 4 is 23.1 Å². The van der Waals surface area contributed by atoms with Crippen LogP contribution in [0.15, 0.2) is 18.5 Å². The number of nitrogens with zero attached hydrogens (tertiary/aromatic N) is 6. The number of thiazole rings is 1. The summed E-state index contributed by atoms with van der Waals surface area (Å²) in [5.74, 6) is 2.57. The Morgan fingerprint density at radius 3 is 2.67 bits per heavy atom. The van der Waals surface area contributed by atoms with E-state index in [4.69, 9.17) is 0 Å². The number of rotatable bonds is 5. The van der Waals surface area contributed by atoms with E-state index in [1.807, 2.05) is 42.6 Å². The third kappa shape index (κ3) is 3.52. The van der Waals surface area contributed by atoms with Crippen LogP contribution in [0.3, 0.4) is 0 Å². The van der Waals surface area contributed by atoms with Crippen molar-refractivity contribution in [3.63, 3.8) is 0 Å². The van der Waals surface area contributed by atoms with Crippen molar-refractivity contribution < 1.29 is 0 Å². The summed E-state index contributed by atoms with van der Waals surface area (Å²) >= 11 is 1.91. The van der Waals surface area contributed by atoms with Crippen molar-refractivity contribution in [3.05, 3.63) is 28.3 Å². The molecule has 2 aromatic rings. The van der Waals surface area contributed by atoms with Gasteiger partial charge >= 0.3 is 0 Å². The molecule has 4 rings (SSSR count). The lowest BCUT2D eigenvalue weighted by atomic mass is 10.3. The average molecular weight is 344 g/mol. The summed E-state index contributed by atoms with van der Waals surface area (Å²) in [4.78, 5) is 21.8. The molecule has 2 fully saturated rings. The van der Waals surface area contributed by atoms with Crippen LogP contribution in [0.2, 0.25) is 0 Å². The van der Waals surface area contributed by atoms with Crippen LogP contribution in [-0.4, -0.2) is 60.1 Å². The van der Waals surface area contributed by atoms with Crippen LogP contribution >= 0.6 is 11.3 Å². The first-order chi connectivity index (χ1) is 11.7. The first-order valence-corrected chi connectivity index (χ1v) is 9.43. The minimum Gasteiger partial charge on any atom is -0.354 e. The molecule has 1 saturated carbocycles. The predicted molar refractivity (Wildman–Crippen MR) is 97.9 cm³/mol. The summed E-state index contributed by atoms with van der Waals surface area (Å²) in [6.07, 6.45) is 6.60. The van der Waals surface area contributed by atoms with Crippen LogP contribution in [-0.2, 0) is 6.54 Å². The number of anilines is 2. The Labute approximate surface area is 147 Å². The standard InChI is InChI=1S/C17H24N6S/c1-21(2)17-18-6-5-15(20-17)23-9-7-22(8-10-23)12-14-11-19-16(24-14)13-3-4-13/h5-6,11,13H,3-4,7-10,12H2,1-2H3. The first kappa shape index (κ1) is 15.8. The summed E-state index contributed by atoms with van der Waals surface area (Å²) < 4.78 is 0. The third-order valence-corrected chi connectivity index (χ3v) is 5.75. The van der Waals surface area contributed by atoms with Crippen LogP contribution in [0.5, 0.6) is 0 Å². The molecule has 24 heavy (non-hydrogen) atoms. The van der Waals surface area contributed by atoms with Gasteiger partial charge in [0.25, 0.3) is 0 Å². The lowest BCUT2D eigenvalue weighted by molar-refractivity contribution is 0.251. The Kier molecular flexibility index (Phi) is 4.37. The molecule has 3 heterocycles. The fourth-order valence-corrected chi connectivity index (χ4v) is 4.13. The van der Waals surface area contributed by atoms with Gasteiger partial charge in [0.05, 0.1) is 5.01 Å². The summed E-state index contributed by atoms with van der Waals surface area (Å²) in [6.45, 7) is 5.19. The molecule has 0 bridgehead atoms. The molecule has 0 unspecified atom stereocenters. The fourth-order valence-electron chi connectivity index (χ4n) is 3.00. The third-order valence-electron chi connectivity index (χ3n) is 4.60. The number of hydrogen-bond donors (Lipinski definition) is 0. The van der Waals surface area contributed by atoms with Crippen LogP contribution < -0.4 is 9.80 Å². The zero-order chi connectivity index (χ0) is 16.5. The van der Waals surface area contributed by atoms with Gasteiger partial charge in [-0.3, -0.25) is 4.90 Å². The molecular weight excluding hydrogens is 320 g/mol. The van der Waals surface area contributed by atoms with Gasteiger partial charge in [-0.1, -0.05) is 0 Å². The lowest BCUT2D eigenvalue weighted by Gasteiger charge is -2.35. The zero-order valence-corrected chi connectivity index (χ0v) is 15.2. The quantitative estimate of drug-likeness (QED) is 0.829. The van der Waals surface area contributed by atoms with E-state index in [-0.39, 0.29) is 0 Å². The summed E-state index contributed by atoms with van der Waals surface area (Å²) in [7, 11) is 3.95. The van der Waals surface area contributed by atoms with Crippen molar-refractivity contribution in [3.8, 4) is 0 Å². The number of piperazine rings is 1. The average Bonchev–Trinajstić information content (AvgIpc) is 3.35. The van der Waals surface area contributed by atoms with E-state index >= 15 is 0 Å². The largest absolute Gasteiger partial charge is 0.354 e.